The third kappa shape index (κ3) is 3.60. The van der Waals surface area contributed by atoms with E-state index in [9.17, 15) is 9.90 Å². The standard InChI is InChI=1S/C17H25NO2/c1-17(2,3)14-9-7-13(8-10-14)15(19)12-18-11-5-4-6-16(18)20/h7-10,15,19H,4-6,11-12H2,1-3H3. The molecule has 0 spiro atoms. The first-order chi connectivity index (χ1) is 9.38. The first-order valence-electron chi connectivity index (χ1n) is 7.44. The zero-order valence-corrected chi connectivity index (χ0v) is 12.7. The van der Waals surface area contributed by atoms with E-state index in [0.717, 1.165) is 24.9 Å². The van der Waals surface area contributed by atoms with E-state index in [4.69, 9.17) is 0 Å². The highest BCUT2D eigenvalue weighted by molar-refractivity contribution is 5.76. The molecular formula is C17H25NO2. The molecule has 1 unspecified atom stereocenters. The van der Waals surface area contributed by atoms with Gasteiger partial charge in [-0.2, -0.15) is 0 Å². The molecular weight excluding hydrogens is 250 g/mol. The number of piperidine rings is 1. The molecule has 0 aromatic heterocycles. The quantitative estimate of drug-likeness (QED) is 0.921. The summed E-state index contributed by atoms with van der Waals surface area (Å²) in [6, 6.07) is 8.08. The Balaban J connectivity index is 2.02. The first-order valence-corrected chi connectivity index (χ1v) is 7.44. The van der Waals surface area contributed by atoms with Gasteiger partial charge in [0.1, 0.15) is 0 Å². The van der Waals surface area contributed by atoms with Gasteiger partial charge in [0.15, 0.2) is 0 Å². The topological polar surface area (TPSA) is 40.5 Å². The minimum absolute atomic E-state index is 0.117. The fourth-order valence-corrected chi connectivity index (χ4v) is 2.57. The average Bonchev–Trinajstić information content (AvgIpc) is 2.40. The zero-order chi connectivity index (χ0) is 14.8. The second kappa shape index (κ2) is 5.96. The molecule has 1 aromatic carbocycles. The van der Waals surface area contributed by atoms with Crippen molar-refractivity contribution in [3.05, 3.63) is 35.4 Å². The molecule has 0 bridgehead atoms. The van der Waals surface area contributed by atoms with Crippen LogP contribution >= 0.6 is 0 Å². The normalized spacial score (nSPS) is 18.2. The Bertz CT molecular complexity index is 459. The molecule has 0 saturated carbocycles. The molecule has 1 aromatic rings. The molecule has 3 heteroatoms. The summed E-state index contributed by atoms with van der Waals surface area (Å²) >= 11 is 0. The lowest BCUT2D eigenvalue weighted by molar-refractivity contribution is -0.134. The molecule has 20 heavy (non-hydrogen) atoms. The van der Waals surface area contributed by atoms with E-state index in [1.807, 2.05) is 12.1 Å². The maximum atomic E-state index is 11.8. The summed E-state index contributed by atoms with van der Waals surface area (Å²) in [5.41, 5.74) is 2.26. The number of likely N-dealkylation sites (tertiary alicyclic amines) is 1. The number of amides is 1. The van der Waals surface area contributed by atoms with Crippen molar-refractivity contribution >= 4 is 5.91 Å². The highest BCUT2D eigenvalue weighted by Crippen LogP contribution is 2.24. The predicted molar refractivity (Wildman–Crippen MR) is 80.5 cm³/mol. The van der Waals surface area contributed by atoms with Crippen molar-refractivity contribution in [2.75, 3.05) is 13.1 Å². The molecule has 3 nitrogen and oxygen atoms in total. The van der Waals surface area contributed by atoms with Crippen LogP contribution < -0.4 is 0 Å². The lowest BCUT2D eigenvalue weighted by Gasteiger charge is -2.29. The molecule has 1 amide bonds. The molecule has 1 atom stereocenters. The Labute approximate surface area is 121 Å². The Morgan fingerprint density at radius 2 is 1.85 bits per heavy atom. The van der Waals surface area contributed by atoms with E-state index < -0.39 is 6.10 Å². The SMILES string of the molecule is CC(C)(C)c1ccc(C(O)CN2CCCCC2=O)cc1. The lowest BCUT2D eigenvalue weighted by Crippen LogP contribution is -2.38. The Kier molecular flexibility index (Phi) is 4.48. The van der Waals surface area contributed by atoms with Crippen LogP contribution in [0.1, 0.15) is 57.3 Å². The molecule has 0 aliphatic carbocycles. The van der Waals surface area contributed by atoms with E-state index in [1.165, 1.54) is 5.56 Å². The molecule has 1 aliphatic heterocycles. The number of hydrogen-bond acceptors (Lipinski definition) is 2. The number of aliphatic hydroxyl groups excluding tert-OH is 1. The fourth-order valence-electron chi connectivity index (χ4n) is 2.57. The second-order valence-corrected chi connectivity index (χ2v) is 6.68. The van der Waals surface area contributed by atoms with Crippen LogP contribution in [-0.2, 0) is 10.2 Å². The summed E-state index contributed by atoms with van der Waals surface area (Å²) < 4.78 is 0. The van der Waals surface area contributed by atoms with Gasteiger partial charge in [-0.15, -0.1) is 0 Å². The van der Waals surface area contributed by atoms with Crippen molar-refractivity contribution in [2.24, 2.45) is 0 Å². The van der Waals surface area contributed by atoms with Crippen LogP contribution in [0.2, 0.25) is 0 Å². The van der Waals surface area contributed by atoms with Gasteiger partial charge < -0.3 is 10.0 Å². The van der Waals surface area contributed by atoms with Crippen molar-refractivity contribution in [2.45, 2.75) is 51.6 Å². The summed E-state index contributed by atoms with van der Waals surface area (Å²) in [5.74, 6) is 0.168. The summed E-state index contributed by atoms with van der Waals surface area (Å²) in [5, 5.41) is 10.3. The van der Waals surface area contributed by atoms with Gasteiger partial charge in [0.2, 0.25) is 5.91 Å². The van der Waals surface area contributed by atoms with Crippen molar-refractivity contribution in [1.82, 2.24) is 4.90 Å². The van der Waals surface area contributed by atoms with Crippen molar-refractivity contribution < 1.29 is 9.90 Å². The van der Waals surface area contributed by atoms with Gasteiger partial charge in [-0.1, -0.05) is 45.0 Å². The molecule has 1 heterocycles. The third-order valence-electron chi connectivity index (χ3n) is 3.98. The van der Waals surface area contributed by atoms with Crippen LogP contribution in [0.15, 0.2) is 24.3 Å². The summed E-state index contributed by atoms with van der Waals surface area (Å²) in [6.45, 7) is 7.70. The molecule has 0 radical (unpaired) electrons. The van der Waals surface area contributed by atoms with Crippen LogP contribution in [0, 0.1) is 0 Å². The van der Waals surface area contributed by atoms with E-state index in [-0.39, 0.29) is 11.3 Å². The highest BCUT2D eigenvalue weighted by atomic mass is 16.3. The Morgan fingerprint density at radius 1 is 1.20 bits per heavy atom. The number of aliphatic hydroxyl groups is 1. The van der Waals surface area contributed by atoms with Gasteiger partial charge >= 0.3 is 0 Å². The van der Waals surface area contributed by atoms with Crippen LogP contribution in [-0.4, -0.2) is 29.0 Å². The van der Waals surface area contributed by atoms with Gasteiger partial charge in [-0.05, 0) is 29.4 Å². The molecule has 110 valence electrons. The smallest absolute Gasteiger partial charge is 0.222 e. The number of β-amino-alcohol motifs (C(OH)–C–C–N with tert-alkyl or cyclic N) is 1. The number of nitrogens with zero attached hydrogens (tertiary/aromatic N) is 1. The fraction of sp³-hybridized carbons (Fsp3) is 0.588. The highest BCUT2D eigenvalue weighted by Gasteiger charge is 2.21. The van der Waals surface area contributed by atoms with E-state index in [1.54, 1.807) is 4.90 Å². The number of hydrogen-bond donors (Lipinski definition) is 1. The van der Waals surface area contributed by atoms with Crippen LogP contribution in [0.3, 0.4) is 0 Å². The molecule has 1 aliphatic rings. The van der Waals surface area contributed by atoms with Crippen molar-refractivity contribution in [3.8, 4) is 0 Å². The molecule has 2 rings (SSSR count). The summed E-state index contributed by atoms with van der Waals surface area (Å²) in [7, 11) is 0. The van der Waals surface area contributed by atoms with Gasteiger partial charge in [0, 0.05) is 13.0 Å². The minimum atomic E-state index is -0.592. The molecule has 1 fully saturated rings. The minimum Gasteiger partial charge on any atom is -0.387 e. The van der Waals surface area contributed by atoms with Crippen LogP contribution in [0.25, 0.3) is 0 Å². The second-order valence-electron chi connectivity index (χ2n) is 6.68. The van der Waals surface area contributed by atoms with Crippen LogP contribution in [0.5, 0.6) is 0 Å². The zero-order valence-electron chi connectivity index (χ0n) is 12.7. The number of benzene rings is 1. The van der Waals surface area contributed by atoms with E-state index >= 15 is 0 Å². The summed E-state index contributed by atoms with van der Waals surface area (Å²) in [4.78, 5) is 13.5. The molecule has 1 N–H and O–H groups in total. The predicted octanol–water partition coefficient (Wildman–Crippen LogP) is 3.03. The number of carbonyl (C=O) groups is 1. The van der Waals surface area contributed by atoms with Crippen molar-refractivity contribution in [1.29, 1.82) is 0 Å². The number of rotatable bonds is 3. The first kappa shape index (κ1) is 15.0. The monoisotopic (exact) mass is 275 g/mol. The van der Waals surface area contributed by atoms with E-state index in [0.29, 0.717) is 13.0 Å². The average molecular weight is 275 g/mol. The van der Waals surface area contributed by atoms with Gasteiger partial charge in [0.05, 0.1) is 12.6 Å². The largest absolute Gasteiger partial charge is 0.387 e. The Morgan fingerprint density at radius 3 is 2.40 bits per heavy atom. The lowest BCUT2D eigenvalue weighted by atomic mass is 9.86. The van der Waals surface area contributed by atoms with Gasteiger partial charge in [-0.3, -0.25) is 4.79 Å². The maximum Gasteiger partial charge on any atom is 0.222 e. The van der Waals surface area contributed by atoms with Gasteiger partial charge in [0.25, 0.3) is 0 Å². The van der Waals surface area contributed by atoms with Crippen LogP contribution in [0.4, 0.5) is 0 Å². The van der Waals surface area contributed by atoms with Crippen molar-refractivity contribution in [3.63, 3.8) is 0 Å². The molecule has 1 saturated heterocycles. The van der Waals surface area contributed by atoms with Gasteiger partial charge in [-0.25, -0.2) is 0 Å². The van der Waals surface area contributed by atoms with E-state index in [2.05, 4.69) is 32.9 Å². The Hall–Kier alpha value is -1.35. The maximum absolute atomic E-state index is 11.8. The summed E-state index contributed by atoms with van der Waals surface area (Å²) in [6.07, 6.45) is 2.05. The number of carbonyl (C=O) groups excluding carboxylic acids is 1. The third-order valence-corrected chi connectivity index (χ3v) is 3.98.